The average Bonchev–Trinajstić information content (AvgIpc) is 3.18. The Labute approximate surface area is 146 Å². The number of fused-ring (bicyclic) bond motifs is 1. The standard InChI is InChI=1S/C18H23N3O4/c22-16(13-4-7-25-8-5-13)21-10-14-9-20(15-3-1-2-6-19-15)11-18(14,12-21)17(23)24/h1-3,6,13-14H,4-5,7-12H2,(H,23,24)/t14-,18-/m1/s1. The first kappa shape index (κ1) is 16.3. The molecule has 3 saturated heterocycles. The highest BCUT2D eigenvalue weighted by Gasteiger charge is 2.59. The lowest BCUT2D eigenvalue weighted by molar-refractivity contribution is -0.149. The normalized spacial score (nSPS) is 29.7. The van der Waals surface area contributed by atoms with Crippen LogP contribution in [0.1, 0.15) is 12.8 Å². The van der Waals surface area contributed by atoms with Crippen LogP contribution in [0.4, 0.5) is 5.82 Å². The van der Waals surface area contributed by atoms with Gasteiger partial charge in [-0.3, -0.25) is 9.59 Å². The van der Waals surface area contributed by atoms with Crippen molar-refractivity contribution in [2.45, 2.75) is 12.8 Å². The molecule has 4 heterocycles. The summed E-state index contributed by atoms with van der Waals surface area (Å²) >= 11 is 0. The van der Waals surface area contributed by atoms with Gasteiger partial charge in [0, 0.05) is 57.4 Å². The number of carboxylic acids is 1. The van der Waals surface area contributed by atoms with Gasteiger partial charge in [-0.15, -0.1) is 0 Å². The number of aliphatic carboxylic acids is 1. The number of nitrogens with zero attached hydrogens (tertiary/aromatic N) is 3. The molecule has 0 radical (unpaired) electrons. The van der Waals surface area contributed by atoms with Crippen LogP contribution >= 0.6 is 0 Å². The number of carboxylic acid groups (broad SMARTS) is 1. The Kier molecular flexibility index (Phi) is 4.11. The number of pyridine rings is 1. The fourth-order valence-electron chi connectivity index (χ4n) is 4.45. The van der Waals surface area contributed by atoms with Crippen molar-refractivity contribution in [3.8, 4) is 0 Å². The molecule has 1 N–H and O–H groups in total. The Morgan fingerprint density at radius 3 is 2.64 bits per heavy atom. The molecule has 3 fully saturated rings. The third-order valence-corrected chi connectivity index (χ3v) is 5.89. The predicted molar refractivity (Wildman–Crippen MR) is 90.1 cm³/mol. The summed E-state index contributed by atoms with van der Waals surface area (Å²) in [6, 6.07) is 5.66. The number of aromatic nitrogens is 1. The van der Waals surface area contributed by atoms with Crippen molar-refractivity contribution >= 4 is 17.7 Å². The Bertz CT molecular complexity index is 662. The summed E-state index contributed by atoms with van der Waals surface area (Å²) in [6.45, 7) is 3.08. The molecule has 3 aliphatic heterocycles. The van der Waals surface area contributed by atoms with Crippen LogP contribution in [0.25, 0.3) is 0 Å². The van der Waals surface area contributed by atoms with Crippen molar-refractivity contribution in [2.24, 2.45) is 17.3 Å². The first-order chi connectivity index (χ1) is 12.1. The van der Waals surface area contributed by atoms with Crippen molar-refractivity contribution in [3.63, 3.8) is 0 Å². The maximum Gasteiger partial charge on any atom is 0.313 e. The van der Waals surface area contributed by atoms with Gasteiger partial charge in [-0.25, -0.2) is 4.98 Å². The minimum Gasteiger partial charge on any atom is -0.481 e. The Balaban J connectivity index is 1.51. The van der Waals surface area contributed by atoms with Crippen LogP contribution in [0.5, 0.6) is 0 Å². The molecule has 2 atom stereocenters. The molecule has 134 valence electrons. The molecular formula is C18H23N3O4. The summed E-state index contributed by atoms with van der Waals surface area (Å²) in [6.07, 6.45) is 3.19. The first-order valence-corrected chi connectivity index (χ1v) is 8.86. The van der Waals surface area contributed by atoms with Crippen molar-refractivity contribution in [1.82, 2.24) is 9.88 Å². The van der Waals surface area contributed by atoms with Crippen LogP contribution in [-0.4, -0.2) is 66.3 Å². The topological polar surface area (TPSA) is 83.0 Å². The van der Waals surface area contributed by atoms with Gasteiger partial charge in [0.05, 0.1) is 0 Å². The Morgan fingerprint density at radius 1 is 1.20 bits per heavy atom. The molecule has 0 unspecified atom stereocenters. The summed E-state index contributed by atoms with van der Waals surface area (Å²) in [7, 11) is 0. The summed E-state index contributed by atoms with van der Waals surface area (Å²) in [5.41, 5.74) is -0.891. The number of carbonyl (C=O) groups excluding carboxylic acids is 1. The van der Waals surface area contributed by atoms with Crippen molar-refractivity contribution in [3.05, 3.63) is 24.4 Å². The monoisotopic (exact) mass is 345 g/mol. The smallest absolute Gasteiger partial charge is 0.313 e. The fraction of sp³-hybridized carbons (Fsp3) is 0.611. The molecule has 25 heavy (non-hydrogen) atoms. The number of hydrogen-bond acceptors (Lipinski definition) is 5. The lowest BCUT2D eigenvalue weighted by Crippen LogP contribution is -2.44. The van der Waals surface area contributed by atoms with Crippen molar-refractivity contribution in [2.75, 3.05) is 44.3 Å². The highest BCUT2D eigenvalue weighted by molar-refractivity contribution is 5.83. The molecule has 0 saturated carbocycles. The van der Waals surface area contributed by atoms with E-state index in [-0.39, 0.29) is 17.7 Å². The van der Waals surface area contributed by atoms with Gasteiger partial charge in [0.2, 0.25) is 5.91 Å². The highest BCUT2D eigenvalue weighted by Crippen LogP contribution is 2.44. The van der Waals surface area contributed by atoms with Crippen LogP contribution in [0, 0.1) is 17.3 Å². The van der Waals surface area contributed by atoms with E-state index >= 15 is 0 Å². The molecule has 0 spiro atoms. The molecule has 3 aliphatic rings. The molecule has 4 rings (SSSR count). The SMILES string of the molecule is O=C(C1CCOCC1)N1C[C@H]2CN(c3ccccn3)C[C@@]2(C(=O)O)C1. The highest BCUT2D eigenvalue weighted by atomic mass is 16.5. The molecule has 0 aromatic carbocycles. The molecule has 0 aliphatic carbocycles. The molecule has 1 amide bonds. The lowest BCUT2D eigenvalue weighted by atomic mass is 9.81. The average molecular weight is 345 g/mol. The molecular weight excluding hydrogens is 322 g/mol. The minimum absolute atomic E-state index is 0.0229. The van der Waals surface area contributed by atoms with Gasteiger partial charge in [0.15, 0.2) is 0 Å². The lowest BCUT2D eigenvalue weighted by Gasteiger charge is -2.29. The van der Waals surface area contributed by atoms with Crippen molar-refractivity contribution < 1.29 is 19.4 Å². The second kappa shape index (κ2) is 6.29. The van der Waals surface area contributed by atoms with Crippen LogP contribution in [-0.2, 0) is 14.3 Å². The van der Waals surface area contributed by atoms with E-state index < -0.39 is 11.4 Å². The molecule has 1 aromatic rings. The van der Waals surface area contributed by atoms with Crippen LogP contribution < -0.4 is 4.90 Å². The third-order valence-electron chi connectivity index (χ3n) is 5.89. The second-order valence-electron chi connectivity index (χ2n) is 7.33. The summed E-state index contributed by atoms with van der Waals surface area (Å²) in [5, 5.41) is 9.94. The fourth-order valence-corrected chi connectivity index (χ4v) is 4.45. The van der Waals surface area contributed by atoms with Crippen LogP contribution in [0.2, 0.25) is 0 Å². The zero-order valence-electron chi connectivity index (χ0n) is 14.1. The number of likely N-dealkylation sites (tertiary alicyclic amines) is 1. The third kappa shape index (κ3) is 2.76. The molecule has 1 aromatic heterocycles. The van der Waals surface area contributed by atoms with Crippen LogP contribution in [0.15, 0.2) is 24.4 Å². The van der Waals surface area contributed by atoms with E-state index in [4.69, 9.17) is 4.74 Å². The zero-order chi connectivity index (χ0) is 17.4. The van der Waals surface area contributed by atoms with E-state index in [1.165, 1.54) is 0 Å². The first-order valence-electron chi connectivity index (χ1n) is 8.86. The van der Waals surface area contributed by atoms with E-state index in [9.17, 15) is 14.7 Å². The number of hydrogen-bond donors (Lipinski definition) is 1. The molecule has 0 bridgehead atoms. The van der Waals surface area contributed by atoms with E-state index in [0.29, 0.717) is 39.4 Å². The van der Waals surface area contributed by atoms with Gasteiger partial charge in [-0.05, 0) is 25.0 Å². The second-order valence-corrected chi connectivity index (χ2v) is 7.33. The van der Waals surface area contributed by atoms with Gasteiger partial charge in [-0.1, -0.05) is 6.07 Å². The number of carbonyl (C=O) groups is 2. The Hall–Kier alpha value is -2.15. The summed E-state index contributed by atoms with van der Waals surface area (Å²) < 4.78 is 5.33. The van der Waals surface area contributed by atoms with Gasteiger partial charge in [0.25, 0.3) is 0 Å². The van der Waals surface area contributed by atoms with E-state index in [0.717, 1.165) is 18.7 Å². The van der Waals surface area contributed by atoms with Gasteiger partial charge in [0.1, 0.15) is 11.2 Å². The zero-order valence-corrected chi connectivity index (χ0v) is 14.1. The number of ether oxygens (including phenoxy) is 1. The minimum atomic E-state index is -0.891. The Morgan fingerprint density at radius 2 is 2.00 bits per heavy atom. The number of rotatable bonds is 3. The van der Waals surface area contributed by atoms with Gasteiger partial charge >= 0.3 is 5.97 Å². The summed E-state index contributed by atoms with van der Waals surface area (Å²) in [5.74, 6) is 0.0156. The van der Waals surface area contributed by atoms with Gasteiger partial charge in [-0.2, -0.15) is 0 Å². The van der Waals surface area contributed by atoms with E-state index in [2.05, 4.69) is 4.98 Å². The van der Waals surface area contributed by atoms with Crippen LogP contribution in [0.3, 0.4) is 0 Å². The molecule has 7 nitrogen and oxygen atoms in total. The maximum atomic E-state index is 12.8. The van der Waals surface area contributed by atoms with E-state index in [1.807, 2.05) is 23.1 Å². The quantitative estimate of drug-likeness (QED) is 0.875. The summed E-state index contributed by atoms with van der Waals surface area (Å²) in [4.78, 5) is 33.1. The van der Waals surface area contributed by atoms with Gasteiger partial charge < -0.3 is 19.6 Å². The largest absolute Gasteiger partial charge is 0.481 e. The predicted octanol–water partition coefficient (Wildman–Crippen LogP) is 0.858. The number of anilines is 1. The van der Waals surface area contributed by atoms with E-state index in [1.54, 1.807) is 11.1 Å². The maximum absolute atomic E-state index is 12.8. The number of amides is 1. The molecule has 7 heteroatoms. The van der Waals surface area contributed by atoms with Crippen molar-refractivity contribution in [1.29, 1.82) is 0 Å².